The van der Waals surface area contributed by atoms with Gasteiger partial charge < -0.3 is 15.1 Å². The van der Waals surface area contributed by atoms with Crippen LogP contribution < -0.4 is 4.90 Å². The van der Waals surface area contributed by atoms with Gasteiger partial charge in [0, 0.05) is 11.9 Å². The summed E-state index contributed by atoms with van der Waals surface area (Å²) in [6, 6.07) is 10.1. The predicted molar refractivity (Wildman–Crippen MR) is 75.1 cm³/mol. The minimum Gasteiger partial charge on any atom is -0.394 e. The lowest BCUT2D eigenvalue weighted by atomic mass is 10.1. The van der Waals surface area contributed by atoms with Gasteiger partial charge in [0.2, 0.25) is 0 Å². The summed E-state index contributed by atoms with van der Waals surface area (Å²) in [5, 5.41) is 21.0. The summed E-state index contributed by atoms with van der Waals surface area (Å²) in [6.07, 6.45) is 2.07. The summed E-state index contributed by atoms with van der Waals surface area (Å²) < 4.78 is 0. The first-order chi connectivity index (χ1) is 9.33. The number of nitrogens with zero attached hydrogens (tertiary/aromatic N) is 2. The van der Waals surface area contributed by atoms with Gasteiger partial charge in [-0.3, -0.25) is 0 Å². The molecule has 2 aromatic rings. The van der Waals surface area contributed by atoms with Gasteiger partial charge in [-0.1, -0.05) is 24.3 Å². The highest BCUT2D eigenvalue weighted by molar-refractivity contribution is 5.92. The molecule has 100 valence electrons. The van der Waals surface area contributed by atoms with Crippen molar-refractivity contribution >= 4 is 16.6 Å². The van der Waals surface area contributed by atoms with Crippen LogP contribution in [0.5, 0.6) is 0 Å². The Morgan fingerprint density at radius 1 is 1.26 bits per heavy atom. The predicted octanol–water partition coefficient (Wildman–Crippen LogP) is 1.69. The van der Waals surface area contributed by atoms with Crippen molar-refractivity contribution in [2.24, 2.45) is 0 Å². The number of rotatable bonds is 3. The third kappa shape index (κ3) is 2.17. The summed E-state index contributed by atoms with van der Waals surface area (Å²) in [5.74, 6) is 0.888. The number of aliphatic hydroxyl groups is 2. The fraction of sp³-hybridized carbons (Fsp3) is 0.400. The van der Waals surface area contributed by atoms with Gasteiger partial charge in [0.15, 0.2) is 0 Å². The van der Waals surface area contributed by atoms with Crippen LogP contribution in [0.15, 0.2) is 30.3 Å². The largest absolute Gasteiger partial charge is 0.394 e. The van der Waals surface area contributed by atoms with Crippen LogP contribution in [0.3, 0.4) is 0 Å². The molecule has 4 heteroatoms. The molecule has 0 saturated carbocycles. The van der Waals surface area contributed by atoms with Crippen molar-refractivity contribution in [3.63, 3.8) is 0 Å². The van der Waals surface area contributed by atoms with Crippen molar-refractivity contribution < 1.29 is 10.2 Å². The summed E-state index contributed by atoms with van der Waals surface area (Å²) in [5.41, 5.74) is 0.678. The Labute approximate surface area is 112 Å². The van der Waals surface area contributed by atoms with E-state index in [2.05, 4.69) is 9.88 Å². The average Bonchev–Trinajstić information content (AvgIpc) is 2.94. The molecule has 2 heterocycles. The van der Waals surface area contributed by atoms with E-state index in [1.807, 2.05) is 30.3 Å². The van der Waals surface area contributed by atoms with Crippen LogP contribution in [-0.2, 0) is 6.61 Å². The van der Waals surface area contributed by atoms with E-state index < -0.39 is 0 Å². The zero-order valence-corrected chi connectivity index (χ0v) is 10.8. The fourth-order valence-corrected chi connectivity index (χ4v) is 2.84. The van der Waals surface area contributed by atoms with E-state index in [1.165, 1.54) is 0 Å². The summed E-state index contributed by atoms with van der Waals surface area (Å²) in [7, 11) is 0. The zero-order chi connectivity index (χ0) is 13.2. The summed E-state index contributed by atoms with van der Waals surface area (Å²) >= 11 is 0. The van der Waals surface area contributed by atoms with Gasteiger partial charge in [0.1, 0.15) is 5.82 Å². The van der Waals surface area contributed by atoms with Gasteiger partial charge >= 0.3 is 0 Å². The van der Waals surface area contributed by atoms with Crippen molar-refractivity contribution in [1.82, 2.24) is 4.98 Å². The maximum Gasteiger partial charge on any atom is 0.137 e. The van der Waals surface area contributed by atoms with E-state index in [-0.39, 0.29) is 19.3 Å². The Kier molecular flexibility index (Phi) is 3.36. The number of hydrogen-bond acceptors (Lipinski definition) is 4. The Balaban J connectivity index is 2.15. The molecule has 0 amide bonds. The normalized spacial score (nSPS) is 19.3. The van der Waals surface area contributed by atoms with Crippen molar-refractivity contribution in [2.45, 2.75) is 25.5 Å². The lowest BCUT2D eigenvalue weighted by molar-refractivity contribution is 0.265. The highest BCUT2D eigenvalue weighted by atomic mass is 16.3. The lowest BCUT2D eigenvalue weighted by Crippen LogP contribution is -2.33. The molecule has 3 rings (SSSR count). The average molecular weight is 258 g/mol. The Morgan fingerprint density at radius 3 is 2.89 bits per heavy atom. The minimum absolute atomic E-state index is 0.0601. The highest BCUT2D eigenvalue weighted by Crippen LogP contribution is 2.31. The van der Waals surface area contributed by atoms with Crippen molar-refractivity contribution in [3.05, 3.63) is 36.0 Å². The Hall–Kier alpha value is -1.65. The summed E-state index contributed by atoms with van der Waals surface area (Å²) in [4.78, 5) is 6.73. The number of benzene rings is 1. The molecule has 0 bridgehead atoms. The van der Waals surface area contributed by atoms with E-state index in [0.29, 0.717) is 5.69 Å². The molecule has 1 aliphatic heterocycles. The SMILES string of the molecule is OCc1cc2ccccc2c(N2CCCC2CO)n1. The van der Waals surface area contributed by atoms with Gasteiger partial charge in [0.25, 0.3) is 0 Å². The molecular weight excluding hydrogens is 240 g/mol. The second-order valence-corrected chi connectivity index (χ2v) is 4.99. The molecule has 1 aliphatic rings. The van der Waals surface area contributed by atoms with Crippen LogP contribution in [0.25, 0.3) is 10.8 Å². The second-order valence-electron chi connectivity index (χ2n) is 4.99. The van der Waals surface area contributed by atoms with Gasteiger partial charge in [0.05, 0.1) is 24.9 Å². The number of hydrogen-bond donors (Lipinski definition) is 2. The zero-order valence-electron chi connectivity index (χ0n) is 10.8. The molecule has 0 spiro atoms. The number of aromatic nitrogens is 1. The molecule has 1 aromatic carbocycles. The molecular formula is C15H18N2O2. The van der Waals surface area contributed by atoms with Crippen LogP contribution >= 0.6 is 0 Å². The first-order valence-electron chi connectivity index (χ1n) is 6.70. The molecule has 1 fully saturated rings. The smallest absolute Gasteiger partial charge is 0.137 e. The first-order valence-corrected chi connectivity index (χ1v) is 6.70. The molecule has 1 unspecified atom stereocenters. The molecule has 0 radical (unpaired) electrons. The van der Waals surface area contributed by atoms with Crippen LogP contribution in [0, 0.1) is 0 Å². The molecule has 1 saturated heterocycles. The second kappa shape index (κ2) is 5.15. The summed E-state index contributed by atoms with van der Waals surface area (Å²) in [6.45, 7) is 1.01. The fourth-order valence-electron chi connectivity index (χ4n) is 2.84. The van der Waals surface area contributed by atoms with Gasteiger partial charge in [-0.25, -0.2) is 4.98 Å². The third-order valence-corrected chi connectivity index (χ3v) is 3.80. The van der Waals surface area contributed by atoms with E-state index in [9.17, 15) is 10.2 Å². The van der Waals surface area contributed by atoms with Gasteiger partial charge in [-0.15, -0.1) is 0 Å². The molecule has 4 nitrogen and oxygen atoms in total. The van der Waals surface area contributed by atoms with Crippen molar-refractivity contribution in [3.8, 4) is 0 Å². The molecule has 1 atom stereocenters. The molecule has 19 heavy (non-hydrogen) atoms. The maximum absolute atomic E-state index is 9.48. The van der Waals surface area contributed by atoms with Crippen LogP contribution in [0.1, 0.15) is 18.5 Å². The van der Waals surface area contributed by atoms with E-state index in [0.717, 1.165) is 36.0 Å². The number of pyridine rings is 1. The van der Waals surface area contributed by atoms with Crippen LogP contribution in [0.2, 0.25) is 0 Å². The Bertz CT molecular complexity index is 585. The highest BCUT2D eigenvalue weighted by Gasteiger charge is 2.26. The monoisotopic (exact) mass is 258 g/mol. The molecule has 0 aliphatic carbocycles. The van der Waals surface area contributed by atoms with Crippen molar-refractivity contribution in [2.75, 3.05) is 18.1 Å². The quantitative estimate of drug-likeness (QED) is 0.879. The first kappa shape index (κ1) is 12.4. The number of fused-ring (bicyclic) bond motifs is 1. The lowest BCUT2D eigenvalue weighted by Gasteiger charge is -2.26. The third-order valence-electron chi connectivity index (χ3n) is 3.80. The topological polar surface area (TPSA) is 56.6 Å². The standard InChI is InChI=1S/C15H18N2O2/c18-9-12-8-11-4-1-2-6-14(11)15(16-12)17-7-3-5-13(17)10-19/h1-2,4,6,8,13,18-19H,3,5,7,9-10H2. The van der Waals surface area contributed by atoms with Crippen LogP contribution in [-0.4, -0.2) is 34.4 Å². The van der Waals surface area contributed by atoms with Gasteiger partial charge in [-0.05, 0) is 24.3 Å². The maximum atomic E-state index is 9.48. The minimum atomic E-state index is -0.0601. The van der Waals surface area contributed by atoms with Gasteiger partial charge in [-0.2, -0.15) is 0 Å². The van der Waals surface area contributed by atoms with Crippen molar-refractivity contribution in [1.29, 1.82) is 0 Å². The number of anilines is 1. The van der Waals surface area contributed by atoms with E-state index >= 15 is 0 Å². The van der Waals surface area contributed by atoms with Crippen LogP contribution in [0.4, 0.5) is 5.82 Å². The molecule has 2 N–H and O–H groups in total. The Morgan fingerprint density at radius 2 is 2.11 bits per heavy atom. The number of aliphatic hydroxyl groups excluding tert-OH is 2. The van der Waals surface area contributed by atoms with E-state index in [4.69, 9.17) is 0 Å². The van der Waals surface area contributed by atoms with E-state index in [1.54, 1.807) is 0 Å². The molecule has 1 aromatic heterocycles.